The van der Waals surface area contributed by atoms with Crippen molar-refractivity contribution in [2.24, 2.45) is 11.8 Å². The van der Waals surface area contributed by atoms with Gasteiger partial charge >= 0.3 is 5.97 Å². The third-order valence-corrected chi connectivity index (χ3v) is 3.40. The number of aliphatic carboxylic acids is 1. The topological polar surface area (TPSA) is 70.5 Å². The number of likely N-dealkylation sites (tertiary alicyclic amines) is 1. The van der Waals surface area contributed by atoms with E-state index >= 15 is 0 Å². The van der Waals surface area contributed by atoms with Crippen molar-refractivity contribution in [3.8, 4) is 0 Å². The van der Waals surface area contributed by atoms with Gasteiger partial charge in [-0.1, -0.05) is 13.0 Å². The predicted molar refractivity (Wildman–Crippen MR) is 65.2 cm³/mol. The molecule has 0 aromatic carbocycles. The van der Waals surface area contributed by atoms with Crippen LogP contribution in [0.1, 0.15) is 23.1 Å². The maximum absolute atomic E-state index is 12.0. The number of nitrogens with zero attached hydrogens (tertiary/aromatic N) is 2. The molecule has 1 aromatic rings. The Hall–Kier alpha value is -1.91. The van der Waals surface area contributed by atoms with Crippen LogP contribution < -0.4 is 0 Å². The molecule has 1 aliphatic rings. The third kappa shape index (κ3) is 2.34. The van der Waals surface area contributed by atoms with Crippen LogP contribution in [-0.2, 0) is 4.79 Å². The molecule has 2 rings (SSSR count). The number of pyridine rings is 1. The second kappa shape index (κ2) is 4.76. The summed E-state index contributed by atoms with van der Waals surface area (Å²) in [7, 11) is 0. The van der Waals surface area contributed by atoms with Gasteiger partial charge in [-0.05, 0) is 19.1 Å². The highest BCUT2D eigenvalue weighted by atomic mass is 16.4. The first kappa shape index (κ1) is 12.5. The standard InChI is InChI=1S/C13H16N2O3/c1-8-4-3-5-11(14-8)12(16)15-6-10(7-15)9(2)13(17)18/h3-5,9-10H,6-7H2,1-2H3,(H,17,18). The van der Waals surface area contributed by atoms with E-state index in [1.165, 1.54) is 0 Å². The van der Waals surface area contributed by atoms with Gasteiger partial charge in [0.2, 0.25) is 0 Å². The van der Waals surface area contributed by atoms with E-state index in [-0.39, 0.29) is 11.8 Å². The number of amides is 1. The van der Waals surface area contributed by atoms with Crippen molar-refractivity contribution in [3.63, 3.8) is 0 Å². The summed E-state index contributed by atoms with van der Waals surface area (Å²) in [6, 6.07) is 5.32. The Morgan fingerprint density at radius 2 is 2.11 bits per heavy atom. The second-order valence-corrected chi connectivity index (χ2v) is 4.76. The number of rotatable bonds is 3. The number of carboxylic acid groups (broad SMARTS) is 1. The number of aryl methyl sites for hydroxylation is 1. The molecule has 5 heteroatoms. The molecule has 18 heavy (non-hydrogen) atoms. The molecule has 1 atom stereocenters. The van der Waals surface area contributed by atoms with E-state index in [1.54, 1.807) is 24.0 Å². The SMILES string of the molecule is Cc1cccc(C(=O)N2CC(C(C)C(=O)O)C2)n1. The van der Waals surface area contributed by atoms with Gasteiger partial charge in [0.25, 0.3) is 5.91 Å². The molecule has 0 spiro atoms. The Kier molecular flexibility index (Phi) is 3.32. The highest BCUT2D eigenvalue weighted by Gasteiger charge is 2.37. The van der Waals surface area contributed by atoms with Crippen molar-refractivity contribution in [3.05, 3.63) is 29.6 Å². The van der Waals surface area contributed by atoms with E-state index in [2.05, 4.69) is 4.98 Å². The summed E-state index contributed by atoms with van der Waals surface area (Å²) in [4.78, 5) is 28.7. The molecule has 1 aromatic heterocycles. The van der Waals surface area contributed by atoms with Crippen molar-refractivity contribution >= 4 is 11.9 Å². The van der Waals surface area contributed by atoms with Crippen molar-refractivity contribution in [1.82, 2.24) is 9.88 Å². The summed E-state index contributed by atoms with van der Waals surface area (Å²) >= 11 is 0. The fourth-order valence-electron chi connectivity index (χ4n) is 2.02. The van der Waals surface area contributed by atoms with Crippen LogP contribution in [0.25, 0.3) is 0 Å². The Balaban J connectivity index is 1.96. The summed E-state index contributed by atoms with van der Waals surface area (Å²) in [6.07, 6.45) is 0. The monoisotopic (exact) mass is 248 g/mol. The molecule has 0 radical (unpaired) electrons. The maximum atomic E-state index is 12.0. The zero-order valence-electron chi connectivity index (χ0n) is 10.5. The smallest absolute Gasteiger partial charge is 0.306 e. The lowest BCUT2D eigenvalue weighted by Gasteiger charge is -2.41. The molecule has 5 nitrogen and oxygen atoms in total. The van der Waals surface area contributed by atoms with Crippen LogP contribution in [0.5, 0.6) is 0 Å². The lowest BCUT2D eigenvalue weighted by atomic mass is 9.87. The van der Waals surface area contributed by atoms with Crippen LogP contribution in [0.4, 0.5) is 0 Å². The van der Waals surface area contributed by atoms with Crippen molar-refractivity contribution in [2.45, 2.75) is 13.8 Å². The first-order valence-electron chi connectivity index (χ1n) is 5.95. The molecule has 0 saturated carbocycles. The third-order valence-electron chi connectivity index (χ3n) is 3.40. The molecular formula is C13H16N2O3. The molecule has 0 aliphatic carbocycles. The second-order valence-electron chi connectivity index (χ2n) is 4.76. The molecule has 1 saturated heterocycles. The molecular weight excluding hydrogens is 232 g/mol. The van der Waals surface area contributed by atoms with Gasteiger partial charge in [0, 0.05) is 24.7 Å². The van der Waals surface area contributed by atoms with E-state index < -0.39 is 11.9 Å². The van der Waals surface area contributed by atoms with Crippen LogP contribution in [0, 0.1) is 18.8 Å². The normalized spacial score (nSPS) is 17.1. The molecule has 1 N–H and O–H groups in total. The molecule has 1 aliphatic heterocycles. The van der Waals surface area contributed by atoms with Gasteiger partial charge in [-0.15, -0.1) is 0 Å². The van der Waals surface area contributed by atoms with Gasteiger partial charge in [0.05, 0.1) is 5.92 Å². The minimum absolute atomic E-state index is 0.0521. The van der Waals surface area contributed by atoms with E-state index in [0.717, 1.165) is 5.69 Å². The summed E-state index contributed by atoms with van der Waals surface area (Å²) in [5.41, 5.74) is 1.23. The van der Waals surface area contributed by atoms with Crippen LogP contribution in [0.15, 0.2) is 18.2 Å². The van der Waals surface area contributed by atoms with Gasteiger partial charge in [0.15, 0.2) is 0 Å². The first-order chi connectivity index (χ1) is 8.49. The summed E-state index contributed by atoms with van der Waals surface area (Å²) in [6.45, 7) is 4.52. The summed E-state index contributed by atoms with van der Waals surface area (Å²) in [5, 5.41) is 8.88. The lowest BCUT2D eigenvalue weighted by molar-refractivity contribution is -0.144. The average molecular weight is 248 g/mol. The van der Waals surface area contributed by atoms with Crippen LogP contribution >= 0.6 is 0 Å². The van der Waals surface area contributed by atoms with Gasteiger partial charge < -0.3 is 10.0 Å². The lowest BCUT2D eigenvalue weighted by Crippen LogP contribution is -2.53. The number of hydrogen-bond donors (Lipinski definition) is 1. The minimum atomic E-state index is -0.805. The highest BCUT2D eigenvalue weighted by molar-refractivity contribution is 5.93. The summed E-state index contributed by atoms with van der Waals surface area (Å²) in [5.74, 6) is -1.27. The number of hydrogen-bond acceptors (Lipinski definition) is 3. The zero-order chi connectivity index (χ0) is 13.3. The zero-order valence-corrected chi connectivity index (χ0v) is 10.5. The first-order valence-corrected chi connectivity index (χ1v) is 5.95. The maximum Gasteiger partial charge on any atom is 0.306 e. The van der Waals surface area contributed by atoms with Crippen LogP contribution in [0.2, 0.25) is 0 Å². The van der Waals surface area contributed by atoms with Crippen molar-refractivity contribution in [1.29, 1.82) is 0 Å². The Labute approximate surface area is 105 Å². The number of carbonyl (C=O) groups is 2. The average Bonchev–Trinajstić information content (AvgIpc) is 2.26. The quantitative estimate of drug-likeness (QED) is 0.872. The number of carbonyl (C=O) groups excluding carboxylic acids is 1. The molecule has 0 bridgehead atoms. The van der Waals surface area contributed by atoms with Gasteiger partial charge in [-0.2, -0.15) is 0 Å². The largest absolute Gasteiger partial charge is 0.481 e. The van der Waals surface area contributed by atoms with Crippen molar-refractivity contribution < 1.29 is 14.7 Å². The van der Waals surface area contributed by atoms with Gasteiger partial charge in [-0.25, -0.2) is 4.98 Å². The fraction of sp³-hybridized carbons (Fsp3) is 0.462. The van der Waals surface area contributed by atoms with Gasteiger partial charge in [-0.3, -0.25) is 9.59 Å². The van der Waals surface area contributed by atoms with E-state index in [4.69, 9.17) is 5.11 Å². The van der Waals surface area contributed by atoms with E-state index in [9.17, 15) is 9.59 Å². The van der Waals surface area contributed by atoms with Crippen molar-refractivity contribution in [2.75, 3.05) is 13.1 Å². The van der Waals surface area contributed by atoms with E-state index in [0.29, 0.717) is 18.8 Å². The molecule has 96 valence electrons. The minimum Gasteiger partial charge on any atom is -0.481 e. The predicted octanol–water partition coefficient (Wildman–Crippen LogP) is 1.18. The number of carboxylic acids is 1. The molecule has 1 unspecified atom stereocenters. The Bertz CT molecular complexity index is 481. The van der Waals surface area contributed by atoms with Crippen LogP contribution in [0.3, 0.4) is 0 Å². The Morgan fingerprint density at radius 3 is 2.67 bits per heavy atom. The molecule has 1 fully saturated rings. The van der Waals surface area contributed by atoms with Crippen LogP contribution in [-0.4, -0.2) is 40.0 Å². The fourth-order valence-corrected chi connectivity index (χ4v) is 2.02. The Morgan fingerprint density at radius 1 is 1.44 bits per heavy atom. The van der Waals surface area contributed by atoms with E-state index in [1.807, 2.05) is 13.0 Å². The molecule has 1 amide bonds. The van der Waals surface area contributed by atoms with Gasteiger partial charge in [0.1, 0.15) is 5.69 Å². The number of aromatic nitrogens is 1. The summed E-state index contributed by atoms with van der Waals surface area (Å²) < 4.78 is 0. The molecule has 2 heterocycles. The highest BCUT2D eigenvalue weighted by Crippen LogP contribution is 2.25.